The third-order valence-electron chi connectivity index (χ3n) is 2.21. The summed E-state index contributed by atoms with van der Waals surface area (Å²) < 4.78 is 6.80. The van der Waals surface area contributed by atoms with E-state index in [1.165, 1.54) is 11.3 Å². The van der Waals surface area contributed by atoms with Crippen LogP contribution in [0.25, 0.3) is 0 Å². The predicted molar refractivity (Wildman–Crippen MR) is 62.1 cm³/mol. The molecule has 0 atom stereocenters. The van der Waals surface area contributed by atoms with Crippen molar-refractivity contribution >= 4 is 17.1 Å². The number of aryl methyl sites for hydroxylation is 1. The number of hydrogen-bond acceptors (Lipinski definition) is 4. The second-order valence-corrected chi connectivity index (χ2v) is 4.31. The minimum absolute atomic E-state index is 0.0468. The van der Waals surface area contributed by atoms with Gasteiger partial charge >= 0.3 is 0 Å². The Bertz CT molecular complexity index is 502. The maximum atomic E-state index is 11.9. The van der Waals surface area contributed by atoms with E-state index in [1.54, 1.807) is 17.9 Å². The number of ether oxygens (including phenoxy) is 1. The molecule has 0 amide bonds. The molecule has 0 N–H and O–H groups in total. The van der Waals surface area contributed by atoms with Crippen molar-refractivity contribution < 1.29 is 9.53 Å². The molecule has 16 heavy (non-hydrogen) atoms. The average Bonchev–Trinajstić information content (AvgIpc) is 2.86. The van der Waals surface area contributed by atoms with Gasteiger partial charge in [0.1, 0.15) is 10.6 Å². The number of ketones is 1. The van der Waals surface area contributed by atoms with Gasteiger partial charge in [0.05, 0.1) is 19.2 Å². The highest BCUT2D eigenvalue weighted by molar-refractivity contribution is 7.12. The summed E-state index contributed by atoms with van der Waals surface area (Å²) in [5.74, 6) is 0.691. The highest BCUT2D eigenvalue weighted by atomic mass is 32.1. The fourth-order valence-corrected chi connectivity index (χ4v) is 2.26. The number of carbonyl (C=O) groups excluding carboxylic acids is 1. The lowest BCUT2D eigenvalue weighted by molar-refractivity contribution is 0.0993. The lowest BCUT2D eigenvalue weighted by Crippen LogP contribution is -2.04. The maximum Gasteiger partial charge on any atom is 0.182 e. The molecule has 2 heterocycles. The van der Waals surface area contributed by atoms with E-state index in [4.69, 9.17) is 4.74 Å². The van der Waals surface area contributed by atoms with Crippen molar-refractivity contribution in [2.45, 2.75) is 6.42 Å². The fraction of sp³-hybridized carbons (Fsp3) is 0.273. The number of carbonyl (C=O) groups is 1. The van der Waals surface area contributed by atoms with E-state index in [-0.39, 0.29) is 5.78 Å². The summed E-state index contributed by atoms with van der Waals surface area (Å²) >= 11 is 1.40. The first kappa shape index (κ1) is 10.9. The van der Waals surface area contributed by atoms with Crippen molar-refractivity contribution in [2.24, 2.45) is 7.05 Å². The largest absolute Gasteiger partial charge is 0.495 e. The Morgan fingerprint density at radius 3 is 3.00 bits per heavy atom. The van der Waals surface area contributed by atoms with Crippen molar-refractivity contribution in [2.75, 3.05) is 7.11 Å². The van der Waals surface area contributed by atoms with Gasteiger partial charge in [-0.1, -0.05) is 0 Å². The van der Waals surface area contributed by atoms with E-state index in [9.17, 15) is 4.79 Å². The van der Waals surface area contributed by atoms with Gasteiger partial charge in [-0.15, -0.1) is 11.3 Å². The molecular weight excluding hydrogens is 224 g/mol. The summed E-state index contributed by atoms with van der Waals surface area (Å²) in [6.07, 6.45) is 2.14. The van der Waals surface area contributed by atoms with Crippen molar-refractivity contribution in [1.29, 1.82) is 0 Å². The second-order valence-electron chi connectivity index (χ2n) is 3.40. The molecule has 2 rings (SSSR count). The first-order chi connectivity index (χ1) is 7.70. The Balaban J connectivity index is 2.14. The van der Waals surface area contributed by atoms with Gasteiger partial charge in [-0.25, -0.2) is 0 Å². The second kappa shape index (κ2) is 4.49. The number of Topliss-reactive ketones (excluding diaryl/α,β-unsaturated/α-hetero) is 1. The molecule has 0 aliphatic carbocycles. The van der Waals surface area contributed by atoms with Gasteiger partial charge < -0.3 is 4.74 Å². The van der Waals surface area contributed by atoms with Gasteiger partial charge in [-0.05, 0) is 17.5 Å². The van der Waals surface area contributed by atoms with Crippen LogP contribution in [0.2, 0.25) is 0 Å². The first-order valence-electron chi connectivity index (χ1n) is 4.84. The Morgan fingerprint density at radius 1 is 1.56 bits per heavy atom. The highest BCUT2D eigenvalue weighted by Gasteiger charge is 2.15. The summed E-state index contributed by atoms with van der Waals surface area (Å²) in [4.78, 5) is 12.6. The molecule has 0 spiro atoms. The lowest BCUT2D eigenvalue weighted by atomic mass is 10.2. The van der Waals surface area contributed by atoms with Crippen LogP contribution in [0.3, 0.4) is 0 Å². The Labute approximate surface area is 97.5 Å². The van der Waals surface area contributed by atoms with Gasteiger partial charge in [0, 0.05) is 13.2 Å². The Hall–Kier alpha value is -1.62. The maximum absolute atomic E-state index is 11.9. The molecule has 0 aliphatic heterocycles. The Kier molecular flexibility index (Phi) is 3.05. The summed E-state index contributed by atoms with van der Waals surface area (Å²) in [5.41, 5.74) is 0.781. The topological polar surface area (TPSA) is 44.1 Å². The van der Waals surface area contributed by atoms with Crippen LogP contribution in [0, 0.1) is 0 Å². The summed E-state index contributed by atoms with van der Waals surface area (Å²) in [7, 11) is 3.40. The monoisotopic (exact) mass is 236 g/mol. The van der Waals surface area contributed by atoms with Crippen LogP contribution in [0.15, 0.2) is 23.7 Å². The van der Waals surface area contributed by atoms with Crippen LogP contribution in [0.1, 0.15) is 15.4 Å². The molecule has 0 saturated carbocycles. The summed E-state index contributed by atoms with van der Waals surface area (Å²) in [6, 6.07) is 3.65. The van der Waals surface area contributed by atoms with Gasteiger partial charge in [0.25, 0.3) is 0 Å². The van der Waals surface area contributed by atoms with Crippen LogP contribution in [0.5, 0.6) is 5.75 Å². The van der Waals surface area contributed by atoms with Crippen molar-refractivity contribution in [3.8, 4) is 5.75 Å². The van der Waals surface area contributed by atoms with Crippen LogP contribution < -0.4 is 4.74 Å². The molecule has 0 bridgehead atoms. The van der Waals surface area contributed by atoms with E-state index in [1.807, 2.05) is 24.7 Å². The molecule has 2 aromatic heterocycles. The quantitative estimate of drug-likeness (QED) is 0.762. The number of thiophene rings is 1. The third-order valence-corrected chi connectivity index (χ3v) is 3.15. The van der Waals surface area contributed by atoms with Crippen LogP contribution >= 0.6 is 11.3 Å². The molecule has 4 nitrogen and oxygen atoms in total. The van der Waals surface area contributed by atoms with E-state index >= 15 is 0 Å². The number of rotatable bonds is 4. The van der Waals surface area contributed by atoms with Gasteiger partial charge in [-0.2, -0.15) is 5.10 Å². The average molecular weight is 236 g/mol. The Morgan fingerprint density at radius 2 is 2.38 bits per heavy atom. The number of aromatic nitrogens is 2. The predicted octanol–water partition coefficient (Wildman–Crippen LogP) is 1.92. The number of hydrogen-bond donors (Lipinski definition) is 0. The van der Waals surface area contributed by atoms with Crippen molar-refractivity contribution in [3.63, 3.8) is 0 Å². The molecule has 5 heteroatoms. The van der Waals surface area contributed by atoms with Gasteiger partial charge in [0.15, 0.2) is 5.78 Å². The summed E-state index contributed by atoms with van der Waals surface area (Å²) in [5, 5.41) is 6.03. The van der Waals surface area contributed by atoms with Crippen LogP contribution in [-0.4, -0.2) is 22.7 Å². The molecule has 0 saturated heterocycles. The first-order valence-corrected chi connectivity index (χ1v) is 5.72. The van der Waals surface area contributed by atoms with E-state index in [0.717, 1.165) is 5.69 Å². The fourth-order valence-electron chi connectivity index (χ4n) is 1.46. The standard InChI is InChI=1S/C11H12N2O2S/c1-13-5-3-8(12-13)7-9(14)11-10(15-2)4-6-16-11/h3-6H,7H2,1-2H3. The third kappa shape index (κ3) is 2.14. The molecule has 0 radical (unpaired) electrons. The zero-order chi connectivity index (χ0) is 11.5. The molecule has 84 valence electrons. The van der Waals surface area contributed by atoms with E-state index < -0.39 is 0 Å². The van der Waals surface area contributed by atoms with Crippen molar-refractivity contribution in [3.05, 3.63) is 34.3 Å². The SMILES string of the molecule is COc1ccsc1C(=O)Cc1ccn(C)n1. The summed E-state index contributed by atoms with van der Waals surface area (Å²) in [6.45, 7) is 0. The van der Waals surface area contributed by atoms with Crippen molar-refractivity contribution in [1.82, 2.24) is 9.78 Å². The normalized spacial score (nSPS) is 10.4. The molecule has 0 aromatic carbocycles. The van der Waals surface area contributed by atoms with Crippen LogP contribution in [-0.2, 0) is 13.5 Å². The van der Waals surface area contributed by atoms with E-state index in [0.29, 0.717) is 17.0 Å². The smallest absolute Gasteiger partial charge is 0.182 e. The number of methoxy groups -OCH3 is 1. The molecular formula is C11H12N2O2S. The van der Waals surface area contributed by atoms with Gasteiger partial charge in [0.2, 0.25) is 0 Å². The van der Waals surface area contributed by atoms with Crippen LogP contribution in [0.4, 0.5) is 0 Å². The zero-order valence-electron chi connectivity index (χ0n) is 9.14. The molecule has 2 aromatic rings. The lowest BCUT2D eigenvalue weighted by Gasteiger charge is -2.00. The minimum Gasteiger partial charge on any atom is -0.495 e. The molecule has 0 aliphatic rings. The van der Waals surface area contributed by atoms with E-state index in [2.05, 4.69) is 5.10 Å². The molecule has 0 unspecified atom stereocenters. The molecule has 0 fully saturated rings. The zero-order valence-corrected chi connectivity index (χ0v) is 9.95. The number of nitrogens with zero attached hydrogens (tertiary/aromatic N) is 2. The minimum atomic E-state index is 0.0468. The highest BCUT2D eigenvalue weighted by Crippen LogP contribution is 2.25. The van der Waals surface area contributed by atoms with Gasteiger partial charge in [-0.3, -0.25) is 9.48 Å².